The number of ether oxygens (including phenoxy) is 1. The minimum absolute atomic E-state index is 0.0860. The summed E-state index contributed by atoms with van der Waals surface area (Å²) >= 11 is 0. The van der Waals surface area contributed by atoms with Crippen molar-refractivity contribution in [2.75, 3.05) is 7.11 Å². The van der Waals surface area contributed by atoms with E-state index in [1.807, 2.05) is 6.92 Å². The van der Waals surface area contributed by atoms with Gasteiger partial charge in [0, 0.05) is 0 Å². The van der Waals surface area contributed by atoms with E-state index in [-0.39, 0.29) is 17.3 Å². The molecule has 2 saturated carbocycles. The van der Waals surface area contributed by atoms with Crippen LogP contribution in [0.15, 0.2) is 0 Å². The fraction of sp³-hybridized carbons (Fsp3) is 0.900. The highest BCUT2D eigenvalue weighted by atomic mass is 16.5. The Morgan fingerprint density at radius 1 is 1.46 bits per heavy atom. The zero-order chi connectivity index (χ0) is 9.69. The monoisotopic (exact) mass is 184 g/mol. The fourth-order valence-corrected chi connectivity index (χ4v) is 3.17. The van der Waals surface area contributed by atoms with Crippen LogP contribution in [0.2, 0.25) is 0 Å². The number of aliphatic hydroxyl groups is 1. The van der Waals surface area contributed by atoms with Gasteiger partial charge in [-0.05, 0) is 38.0 Å². The molecule has 2 rings (SSSR count). The molecule has 0 amide bonds. The van der Waals surface area contributed by atoms with Gasteiger partial charge < -0.3 is 9.84 Å². The molecule has 13 heavy (non-hydrogen) atoms. The van der Waals surface area contributed by atoms with Crippen molar-refractivity contribution in [2.24, 2.45) is 11.3 Å². The molecule has 0 bridgehead atoms. The number of hydrogen-bond acceptors (Lipinski definition) is 3. The molecule has 0 unspecified atom stereocenters. The summed E-state index contributed by atoms with van der Waals surface area (Å²) in [6, 6.07) is 0. The molecule has 0 aromatic rings. The van der Waals surface area contributed by atoms with E-state index in [1.165, 1.54) is 7.11 Å². The Hall–Kier alpha value is -0.570. The summed E-state index contributed by atoms with van der Waals surface area (Å²) in [4.78, 5) is 11.1. The van der Waals surface area contributed by atoms with Crippen LogP contribution in [0, 0.1) is 11.3 Å². The van der Waals surface area contributed by atoms with Gasteiger partial charge in [0.1, 0.15) is 0 Å². The van der Waals surface area contributed by atoms with Gasteiger partial charge >= 0.3 is 5.97 Å². The lowest BCUT2D eigenvalue weighted by Gasteiger charge is -2.59. The second-order valence-corrected chi connectivity index (χ2v) is 4.98. The molecule has 1 N–H and O–H groups in total. The number of esters is 1. The van der Waals surface area contributed by atoms with Crippen LogP contribution in [-0.4, -0.2) is 23.8 Å². The van der Waals surface area contributed by atoms with E-state index in [4.69, 9.17) is 0 Å². The van der Waals surface area contributed by atoms with Gasteiger partial charge in [0.05, 0.1) is 18.6 Å². The highest BCUT2D eigenvalue weighted by Gasteiger charge is 2.59. The zero-order valence-corrected chi connectivity index (χ0v) is 8.17. The molecule has 0 heterocycles. The van der Waals surface area contributed by atoms with Gasteiger partial charge in [-0.3, -0.25) is 4.79 Å². The number of rotatable bonds is 1. The van der Waals surface area contributed by atoms with Crippen molar-refractivity contribution in [1.29, 1.82) is 0 Å². The maximum atomic E-state index is 11.1. The minimum atomic E-state index is -0.471. The first kappa shape index (κ1) is 9.00. The minimum Gasteiger partial charge on any atom is -0.469 e. The molecule has 2 aliphatic rings. The van der Waals surface area contributed by atoms with E-state index in [2.05, 4.69) is 4.74 Å². The average Bonchev–Trinajstić information content (AvgIpc) is 1.93. The molecular formula is C10H16O3. The van der Waals surface area contributed by atoms with Crippen LogP contribution in [0.25, 0.3) is 0 Å². The van der Waals surface area contributed by atoms with Crippen LogP contribution in [0.4, 0.5) is 0 Å². The maximum absolute atomic E-state index is 11.1. The molecule has 3 nitrogen and oxygen atoms in total. The van der Waals surface area contributed by atoms with Gasteiger partial charge in [-0.15, -0.1) is 0 Å². The number of carbonyl (C=O) groups excluding carboxylic acids is 1. The molecule has 0 radical (unpaired) electrons. The smallest absolute Gasteiger partial charge is 0.308 e. The summed E-state index contributed by atoms with van der Waals surface area (Å²) in [5.41, 5.74) is -0.191. The van der Waals surface area contributed by atoms with Crippen molar-refractivity contribution in [3.63, 3.8) is 0 Å². The molecule has 0 aromatic heterocycles. The lowest BCUT2D eigenvalue weighted by Crippen LogP contribution is -2.57. The summed E-state index contributed by atoms with van der Waals surface area (Å²) in [6.45, 7) is 1.86. The van der Waals surface area contributed by atoms with Crippen LogP contribution in [0.5, 0.6) is 0 Å². The molecular weight excluding hydrogens is 168 g/mol. The SMILES string of the molecule is COC(=O)C1CC2(C1)CC(C)(O)C2. The lowest BCUT2D eigenvalue weighted by atomic mass is 9.47. The quantitative estimate of drug-likeness (QED) is 0.621. The Labute approximate surface area is 78.1 Å². The predicted molar refractivity (Wildman–Crippen MR) is 47.0 cm³/mol. The lowest BCUT2D eigenvalue weighted by molar-refractivity contribution is -0.188. The molecule has 0 aliphatic heterocycles. The van der Waals surface area contributed by atoms with Gasteiger partial charge in [0.15, 0.2) is 0 Å². The third-order valence-corrected chi connectivity index (χ3v) is 3.41. The zero-order valence-electron chi connectivity index (χ0n) is 8.17. The summed E-state index contributed by atoms with van der Waals surface area (Å²) in [7, 11) is 1.43. The topological polar surface area (TPSA) is 46.5 Å². The maximum Gasteiger partial charge on any atom is 0.308 e. The summed E-state index contributed by atoms with van der Waals surface area (Å²) in [5.74, 6) is 0.0123. The van der Waals surface area contributed by atoms with Gasteiger partial charge in [-0.1, -0.05) is 0 Å². The van der Waals surface area contributed by atoms with Crippen molar-refractivity contribution in [1.82, 2.24) is 0 Å². The number of carbonyl (C=O) groups is 1. The second-order valence-electron chi connectivity index (χ2n) is 4.98. The van der Waals surface area contributed by atoms with Crippen molar-refractivity contribution in [3.8, 4) is 0 Å². The second kappa shape index (κ2) is 2.47. The van der Waals surface area contributed by atoms with Crippen LogP contribution in [0.1, 0.15) is 32.6 Å². The Morgan fingerprint density at radius 2 is 2.00 bits per heavy atom. The van der Waals surface area contributed by atoms with E-state index < -0.39 is 5.60 Å². The fourth-order valence-electron chi connectivity index (χ4n) is 3.17. The third kappa shape index (κ3) is 1.35. The van der Waals surface area contributed by atoms with Gasteiger partial charge in [-0.25, -0.2) is 0 Å². The Kier molecular flexibility index (Phi) is 1.71. The van der Waals surface area contributed by atoms with Crippen LogP contribution >= 0.6 is 0 Å². The third-order valence-electron chi connectivity index (χ3n) is 3.41. The summed E-state index contributed by atoms with van der Waals surface area (Å²) in [6.07, 6.45) is 3.53. The molecule has 0 aromatic carbocycles. The highest BCUT2D eigenvalue weighted by Crippen LogP contribution is 2.62. The van der Waals surface area contributed by atoms with E-state index in [0.29, 0.717) is 0 Å². The van der Waals surface area contributed by atoms with Crippen LogP contribution in [-0.2, 0) is 9.53 Å². The van der Waals surface area contributed by atoms with E-state index in [1.54, 1.807) is 0 Å². The molecule has 2 fully saturated rings. The first-order valence-electron chi connectivity index (χ1n) is 4.77. The van der Waals surface area contributed by atoms with Crippen molar-refractivity contribution in [2.45, 2.75) is 38.2 Å². The average molecular weight is 184 g/mol. The molecule has 0 saturated heterocycles. The normalized spacial score (nSPS) is 48.1. The van der Waals surface area contributed by atoms with Crippen molar-refractivity contribution < 1.29 is 14.6 Å². The summed E-state index contributed by atoms with van der Waals surface area (Å²) < 4.78 is 4.67. The van der Waals surface area contributed by atoms with Gasteiger partial charge in [0.2, 0.25) is 0 Å². The number of hydrogen-bond donors (Lipinski definition) is 1. The Balaban J connectivity index is 1.83. The first-order valence-corrected chi connectivity index (χ1v) is 4.77. The molecule has 3 heteroatoms. The molecule has 2 aliphatic carbocycles. The van der Waals surface area contributed by atoms with E-state index in [9.17, 15) is 9.90 Å². The Bertz CT molecular complexity index is 229. The van der Waals surface area contributed by atoms with Crippen LogP contribution < -0.4 is 0 Å². The van der Waals surface area contributed by atoms with E-state index in [0.717, 1.165) is 25.7 Å². The number of methoxy groups -OCH3 is 1. The van der Waals surface area contributed by atoms with E-state index >= 15 is 0 Å². The Morgan fingerprint density at radius 3 is 2.38 bits per heavy atom. The van der Waals surface area contributed by atoms with Gasteiger partial charge in [-0.2, -0.15) is 0 Å². The van der Waals surface area contributed by atoms with Crippen LogP contribution in [0.3, 0.4) is 0 Å². The molecule has 0 atom stereocenters. The predicted octanol–water partition coefficient (Wildman–Crippen LogP) is 1.10. The largest absolute Gasteiger partial charge is 0.469 e. The standard InChI is InChI=1S/C10H16O3/c1-9(12)5-10(6-9)3-7(4-10)8(11)13-2/h7,12H,3-6H2,1-2H3. The molecule has 1 spiro atoms. The van der Waals surface area contributed by atoms with Crippen molar-refractivity contribution in [3.05, 3.63) is 0 Å². The highest BCUT2D eigenvalue weighted by molar-refractivity contribution is 5.73. The first-order chi connectivity index (χ1) is 5.96. The van der Waals surface area contributed by atoms with Crippen molar-refractivity contribution >= 4 is 5.97 Å². The van der Waals surface area contributed by atoms with Gasteiger partial charge in [0.25, 0.3) is 0 Å². The summed E-state index contributed by atoms with van der Waals surface area (Å²) in [5, 5.41) is 9.58. The molecule has 74 valence electrons.